The van der Waals surface area contributed by atoms with Gasteiger partial charge in [-0.1, -0.05) is 19.1 Å². The molecule has 0 heterocycles. The van der Waals surface area contributed by atoms with Gasteiger partial charge < -0.3 is 10.6 Å². The third-order valence-electron chi connectivity index (χ3n) is 2.45. The molecule has 94 valence electrons. The first kappa shape index (κ1) is 13.5. The molecule has 0 aliphatic heterocycles. The lowest BCUT2D eigenvalue weighted by molar-refractivity contribution is 0.617. The number of nitrogens with one attached hydrogen (secondary N) is 2. The van der Waals surface area contributed by atoms with E-state index in [0.717, 1.165) is 24.5 Å². The lowest BCUT2D eigenvalue weighted by Crippen LogP contribution is -2.37. The molecule has 4 heteroatoms. The molecule has 17 heavy (non-hydrogen) atoms. The molecular formula is C13H20FN3. The van der Waals surface area contributed by atoms with E-state index in [1.165, 1.54) is 6.07 Å². The molecule has 1 aromatic rings. The van der Waals surface area contributed by atoms with Crippen LogP contribution < -0.4 is 10.6 Å². The molecule has 0 aromatic heterocycles. The van der Waals surface area contributed by atoms with Gasteiger partial charge in [0.15, 0.2) is 5.96 Å². The van der Waals surface area contributed by atoms with Gasteiger partial charge in [-0.25, -0.2) is 4.39 Å². The van der Waals surface area contributed by atoms with Crippen LogP contribution >= 0.6 is 0 Å². The SMILES string of the molecule is CCCNC(=NC)NCc1ccc(F)c(C)c1. The van der Waals surface area contributed by atoms with E-state index in [1.54, 1.807) is 20.0 Å². The molecule has 0 bridgehead atoms. The maximum atomic E-state index is 13.1. The molecule has 0 aliphatic carbocycles. The van der Waals surface area contributed by atoms with Gasteiger partial charge in [-0.3, -0.25) is 4.99 Å². The van der Waals surface area contributed by atoms with Crippen LogP contribution in [0, 0.1) is 12.7 Å². The number of halogens is 1. The van der Waals surface area contributed by atoms with Crippen molar-refractivity contribution in [2.45, 2.75) is 26.8 Å². The number of rotatable bonds is 4. The molecule has 0 fully saturated rings. The van der Waals surface area contributed by atoms with Gasteiger partial charge in [0.05, 0.1) is 0 Å². The third kappa shape index (κ3) is 4.43. The van der Waals surface area contributed by atoms with Crippen LogP contribution in [0.15, 0.2) is 23.2 Å². The van der Waals surface area contributed by atoms with E-state index in [2.05, 4.69) is 22.5 Å². The van der Waals surface area contributed by atoms with Crippen LogP contribution in [0.5, 0.6) is 0 Å². The van der Waals surface area contributed by atoms with Crippen LogP contribution in [0.3, 0.4) is 0 Å². The first-order valence-electron chi connectivity index (χ1n) is 5.87. The van der Waals surface area contributed by atoms with E-state index in [0.29, 0.717) is 12.1 Å². The highest BCUT2D eigenvalue weighted by molar-refractivity contribution is 5.79. The van der Waals surface area contributed by atoms with Crippen LogP contribution in [0.25, 0.3) is 0 Å². The predicted molar refractivity (Wildman–Crippen MR) is 69.6 cm³/mol. The molecule has 0 saturated heterocycles. The van der Waals surface area contributed by atoms with Gasteiger partial charge in [-0.15, -0.1) is 0 Å². The molecule has 0 radical (unpaired) electrons. The van der Waals surface area contributed by atoms with Crippen molar-refractivity contribution < 1.29 is 4.39 Å². The number of nitrogens with zero attached hydrogens (tertiary/aromatic N) is 1. The quantitative estimate of drug-likeness (QED) is 0.622. The monoisotopic (exact) mass is 237 g/mol. The van der Waals surface area contributed by atoms with E-state index in [9.17, 15) is 4.39 Å². The Morgan fingerprint density at radius 1 is 1.35 bits per heavy atom. The largest absolute Gasteiger partial charge is 0.356 e. The van der Waals surface area contributed by atoms with Crippen molar-refractivity contribution in [1.29, 1.82) is 0 Å². The van der Waals surface area contributed by atoms with Gasteiger partial charge in [0.2, 0.25) is 0 Å². The Balaban J connectivity index is 2.51. The Hall–Kier alpha value is -1.58. The van der Waals surface area contributed by atoms with Crippen molar-refractivity contribution >= 4 is 5.96 Å². The second-order valence-electron chi connectivity index (χ2n) is 3.94. The second-order valence-corrected chi connectivity index (χ2v) is 3.94. The lowest BCUT2D eigenvalue weighted by Gasteiger charge is -2.11. The van der Waals surface area contributed by atoms with Crippen molar-refractivity contribution in [2.24, 2.45) is 4.99 Å². The van der Waals surface area contributed by atoms with E-state index in [1.807, 2.05) is 6.07 Å². The van der Waals surface area contributed by atoms with Crippen LogP contribution in [-0.4, -0.2) is 19.6 Å². The molecule has 1 rings (SSSR count). The van der Waals surface area contributed by atoms with Crippen LogP contribution in [-0.2, 0) is 6.54 Å². The molecule has 0 spiro atoms. The number of aliphatic imine (C=N–C) groups is 1. The fraction of sp³-hybridized carbons (Fsp3) is 0.462. The smallest absolute Gasteiger partial charge is 0.191 e. The minimum Gasteiger partial charge on any atom is -0.356 e. The van der Waals surface area contributed by atoms with Gasteiger partial charge in [0.25, 0.3) is 0 Å². The molecule has 0 amide bonds. The summed E-state index contributed by atoms with van der Waals surface area (Å²) in [5.41, 5.74) is 1.71. The number of guanidine groups is 1. The van der Waals surface area contributed by atoms with Crippen molar-refractivity contribution in [2.75, 3.05) is 13.6 Å². The number of aryl methyl sites for hydroxylation is 1. The van der Waals surface area contributed by atoms with Gasteiger partial charge in [0.1, 0.15) is 5.82 Å². The summed E-state index contributed by atoms with van der Waals surface area (Å²) in [5.74, 6) is 0.607. The summed E-state index contributed by atoms with van der Waals surface area (Å²) in [6.07, 6.45) is 1.05. The fourth-order valence-electron chi connectivity index (χ4n) is 1.47. The van der Waals surface area contributed by atoms with Crippen molar-refractivity contribution in [1.82, 2.24) is 10.6 Å². The highest BCUT2D eigenvalue weighted by atomic mass is 19.1. The highest BCUT2D eigenvalue weighted by Gasteiger charge is 2.00. The minimum absolute atomic E-state index is 0.165. The maximum Gasteiger partial charge on any atom is 0.191 e. The molecule has 3 nitrogen and oxygen atoms in total. The standard InChI is InChI=1S/C13H20FN3/c1-4-7-16-13(15-3)17-9-11-5-6-12(14)10(2)8-11/h5-6,8H,4,7,9H2,1-3H3,(H2,15,16,17). The maximum absolute atomic E-state index is 13.1. The first-order chi connectivity index (χ1) is 8.17. The molecule has 0 saturated carbocycles. The summed E-state index contributed by atoms with van der Waals surface area (Å²) >= 11 is 0. The van der Waals surface area contributed by atoms with Crippen LogP contribution in [0.1, 0.15) is 24.5 Å². The molecule has 0 aliphatic rings. The van der Waals surface area contributed by atoms with Crippen molar-refractivity contribution in [3.63, 3.8) is 0 Å². The lowest BCUT2D eigenvalue weighted by atomic mass is 10.1. The second kappa shape index (κ2) is 6.89. The predicted octanol–water partition coefficient (Wildman–Crippen LogP) is 2.21. The zero-order valence-corrected chi connectivity index (χ0v) is 10.7. The highest BCUT2D eigenvalue weighted by Crippen LogP contribution is 2.08. The average Bonchev–Trinajstić information content (AvgIpc) is 2.34. The molecule has 0 unspecified atom stereocenters. The van der Waals surface area contributed by atoms with Crippen molar-refractivity contribution in [3.8, 4) is 0 Å². The third-order valence-corrected chi connectivity index (χ3v) is 2.45. The van der Waals surface area contributed by atoms with Gasteiger partial charge in [0, 0.05) is 20.1 Å². The zero-order valence-electron chi connectivity index (χ0n) is 10.7. The van der Waals surface area contributed by atoms with E-state index in [4.69, 9.17) is 0 Å². The van der Waals surface area contributed by atoms with E-state index in [-0.39, 0.29) is 5.82 Å². The Morgan fingerprint density at radius 2 is 2.12 bits per heavy atom. The Bertz CT molecular complexity index is 388. The molecule has 1 aromatic carbocycles. The van der Waals surface area contributed by atoms with E-state index < -0.39 is 0 Å². The number of hydrogen-bond acceptors (Lipinski definition) is 1. The molecule has 0 atom stereocenters. The topological polar surface area (TPSA) is 36.4 Å². The van der Waals surface area contributed by atoms with Crippen molar-refractivity contribution in [3.05, 3.63) is 35.1 Å². The molecule has 2 N–H and O–H groups in total. The van der Waals surface area contributed by atoms with E-state index >= 15 is 0 Å². The number of benzene rings is 1. The Kier molecular flexibility index (Phi) is 5.46. The summed E-state index contributed by atoms with van der Waals surface area (Å²) in [4.78, 5) is 4.10. The Morgan fingerprint density at radius 3 is 2.71 bits per heavy atom. The van der Waals surface area contributed by atoms with Gasteiger partial charge in [-0.2, -0.15) is 0 Å². The minimum atomic E-state index is -0.165. The van der Waals surface area contributed by atoms with Crippen LogP contribution in [0.2, 0.25) is 0 Å². The summed E-state index contributed by atoms with van der Waals surface area (Å²) in [7, 11) is 1.74. The normalized spacial score (nSPS) is 11.4. The van der Waals surface area contributed by atoms with Gasteiger partial charge in [-0.05, 0) is 30.5 Å². The summed E-state index contributed by atoms with van der Waals surface area (Å²) in [6.45, 7) is 5.40. The summed E-state index contributed by atoms with van der Waals surface area (Å²) in [5, 5.41) is 6.36. The van der Waals surface area contributed by atoms with Gasteiger partial charge >= 0.3 is 0 Å². The zero-order chi connectivity index (χ0) is 12.7. The summed E-state index contributed by atoms with van der Waals surface area (Å²) in [6, 6.07) is 5.12. The number of hydrogen-bond donors (Lipinski definition) is 2. The Labute approximate surface area is 102 Å². The first-order valence-corrected chi connectivity index (χ1v) is 5.87. The fourth-order valence-corrected chi connectivity index (χ4v) is 1.47. The molecular weight excluding hydrogens is 217 g/mol. The average molecular weight is 237 g/mol. The van der Waals surface area contributed by atoms with Crippen LogP contribution in [0.4, 0.5) is 4.39 Å². The summed E-state index contributed by atoms with van der Waals surface area (Å²) < 4.78 is 13.1.